The zero-order chi connectivity index (χ0) is 23.9. The van der Waals surface area contributed by atoms with E-state index in [9.17, 15) is 19.2 Å². The molecule has 4 amide bonds. The summed E-state index contributed by atoms with van der Waals surface area (Å²) in [4.78, 5) is 56.5. The molecule has 0 bridgehead atoms. The Balaban J connectivity index is 1.43. The van der Waals surface area contributed by atoms with Crippen molar-refractivity contribution >= 4 is 23.6 Å². The maximum atomic E-state index is 13.7. The van der Waals surface area contributed by atoms with E-state index < -0.39 is 5.41 Å². The second-order valence-electron chi connectivity index (χ2n) is 9.57. The number of amides is 4. The number of benzene rings is 2. The molecule has 0 radical (unpaired) electrons. The van der Waals surface area contributed by atoms with Gasteiger partial charge >= 0.3 is 0 Å². The smallest absolute Gasteiger partial charge is 0.241 e. The van der Waals surface area contributed by atoms with Gasteiger partial charge < -0.3 is 9.80 Å². The summed E-state index contributed by atoms with van der Waals surface area (Å²) in [5.74, 6) is -0.579. The van der Waals surface area contributed by atoms with Gasteiger partial charge in [0.1, 0.15) is 0 Å². The summed E-state index contributed by atoms with van der Waals surface area (Å²) in [7, 11) is 0. The molecule has 2 aromatic rings. The molecule has 2 aliphatic heterocycles. The fraction of sp³-hybridized carbons (Fsp3) is 0.407. The van der Waals surface area contributed by atoms with Gasteiger partial charge in [-0.15, -0.1) is 0 Å². The van der Waals surface area contributed by atoms with E-state index in [0.717, 1.165) is 24.0 Å². The first-order chi connectivity index (χ1) is 16.4. The number of piperazine rings is 1. The molecule has 2 heterocycles. The minimum atomic E-state index is -1.18. The molecule has 7 heteroatoms. The van der Waals surface area contributed by atoms with Crippen LogP contribution in [0.25, 0.3) is 11.1 Å². The van der Waals surface area contributed by atoms with E-state index in [1.54, 1.807) is 9.80 Å². The lowest BCUT2D eigenvalue weighted by Gasteiger charge is -2.36. The Labute approximate surface area is 199 Å². The summed E-state index contributed by atoms with van der Waals surface area (Å²) in [6.07, 6.45) is 1.65. The highest BCUT2D eigenvalue weighted by atomic mass is 16.2. The first-order valence-electron chi connectivity index (χ1n) is 11.9. The van der Waals surface area contributed by atoms with Crippen molar-refractivity contribution in [1.29, 1.82) is 0 Å². The van der Waals surface area contributed by atoms with Gasteiger partial charge in [-0.3, -0.25) is 24.1 Å². The van der Waals surface area contributed by atoms with Crippen molar-refractivity contribution in [3.8, 4) is 11.1 Å². The Morgan fingerprint density at radius 3 is 2.03 bits per heavy atom. The summed E-state index contributed by atoms with van der Waals surface area (Å²) in [6, 6.07) is 17.6. The fourth-order valence-electron chi connectivity index (χ4n) is 5.18. The van der Waals surface area contributed by atoms with E-state index in [-0.39, 0.29) is 42.5 Å². The molecule has 1 saturated carbocycles. The highest BCUT2D eigenvalue weighted by Crippen LogP contribution is 2.44. The molecule has 2 saturated heterocycles. The van der Waals surface area contributed by atoms with Crippen LogP contribution < -0.4 is 0 Å². The Bertz CT molecular complexity index is 1120. The van der Waals surface area contributed by atoms with Crippen LogP contribution in [0.15, 0.2) is 54.6 Å². The fourth-order valence-corrected chi connectivity index (χ4v) is 5.18. The van der Waals surface area contributed by atoms with Gasteiger partial charge in [0.05, 0.1) is 5.41 Å². The number of likely N-dealkylation sites (tertiary alicyclic amines) is 1. The second-order valence-corrected chi connectivity index (χ2v) is 9.57. The van der Waals surface area contributed by atoms with E-state index in [0.29, 0.717) is 31.7 Å². The molecule has 7 nitrogen and oxygen atoms in total. The van der Waals surface area contributed by atoms with Crippen molar-refractivity contribution in [2.24, 2.45) is 0 Å². The highest BCUT2D eigenvalue weighted by molar-refractivity contribution is 6.11. The summed E-state index contributed by atoms with van der Waals surface area (Å²) in [6.45, 7) is 3.38. The third kappa shape index (κ3) is 4.00. The van der Waals surface area contributed by atoms with Crippen LogP contribution in [0.2, 0.25) is 0 Å². The molecule has 3 fully saturated rings. The average molecular weight is 460 g/mol. The lowest BCUT2D eigenvalue weighted by atomic mass is 9.75. The topological polar surface area (TPSA) is 78.0 Å². The predicted octanol–water partition coefficient (Wildman–Crippen LogP) is 2.59. The van der Waals surface area contributed by atoms with Crippen molar-refractivity contribution in [2.45, 2.75) is 44.1 Å². The van der Waals surface area contributed by atoms with Crippen LogP contribution in [-0.2, 0) is 24.6 Å². The van der Waals surface area contributed by atoms with Crippen molar-refractivity contribution in [2.75, 3.05) is 26.2 Å². The zero-order valence-corrected chi connectivity index (χ0v) is 19.4. The van der Waals surface area contributed by atoms with Crippen molar-refractivity contribution in [3.63, 3.8) is 0 Å². The molecule has 176 valence electrons. The molecule has 0 aromatic heterocycles. The summed E-state index contributed by atoms with van der Waals surface area (Å²) >= 11 is 0. The van der Waals surface area contributed by atoms with Crippen molar-refractivity contribution in [1.82, 2.24) is 14.7 Å². The monoisotopic (exact) mass is 459 g/mol. The summed E-state index contributed by atoms with van der Waals surface area (Å²) < 4.78 is 0. The third-order valence-corrected chi connectivity index (χ3v) is 7.34. The minimum Gasteiger partial charge on any atom is -0.339 e. The molecular weight excluding hydrogens is 430 g/mol. The van der Waals surface area contributed by atoms with Gasteiger partial charge in [0.2, 0.25) is 23.6 Å². The molecule has 1 aliphatic carbocycles. The highest BCUT2D eigenvalue weighted by Gasteiger charge is 2.57. The predicted molar refractivity (Wildman–Crippen MR) is 126 cm³/mol. The molecular formula is C27H29N3O4. The lowest BCUT2D eigenvalue weighted by molar-refractivity contribution is -0.144. The van der Waals surface area contributed by atoms with Crippen LogP contribution in [0.5, 0.6) is 0 Å². The molecule has 0 spiro atoms. The number of imide groups is 1. The second kappa shape index (κ2) is 8.70. The van der Waals surface area contributed by atoms with E-state index in [2.05, 4.69) is 0 Å². The van der Waals surface area contributed by atoms with Crippen LogP contribution in [0.1, 0.15) is 38.2 Å². The summed E-state index contributed by atoms with van der Waals surface area (Å²) in [5, 5.41) is 0. The lowest BCUT2D eigenvalue weighted by Crippen LogP contribution is -2.52. The number of nitrogens with zero attached hydrogens (tertiary/aromatic N) is 3. The largest absolute Gasteiger partial charge is 0.339 e. The molecule has 2 aromatic carbocycles. The van der Waals surface area contributed by atoms with Gasteiger partial charge in [-0.1, -0.05) is 54.6 Å². The average Bonchev–Trinajstić information content (AvgIpc) is 3.65. The quantitative estimate of drug-likeness (QED) is 0.644. The molecule has 5 rings (SSSR count). The molecule has 0 N–H and O–H groups in total. The molecule has 1 unspecified atom stereocenters. The van der Waals surface area contributed by atoms with Crippen LogP contribution >= 0.6 is 0 Å². The third-order valence-electron chi connectivity index (χ3n) is 7.34. The van der Waals surface area contributed by atoms with E-state index in [1.165, 1.54) is 11.8 Å². The Morgan fingerprint density at radius 2 is 1.44 bits per heavy atom. The molecule has 3 aliphatic rings. The zero-order valence-electron chi connectivity index (χ0n) is 19.4. The van der Waals surface area contributed by atoms with E-state index >= 15 is 0 Å². The van der Waals surface area contributed by atoms with Gasteiger partial charge in [0.25, 0.3) is 0 Å². The summed E-state index contributed by atoms with van der Waals surface area (Å²) in [5.41, 5.74) is 1.62. The number of hydrogen-bond acceptors (Lipinski definition) is 4. The van der Waals surface area contributed by atoms with Gasteiger partial charge in [-0.2, -0.15) is 0 Å². The maximum Gasteiger partial charge on any atom is 0.241 e. The number of rotatable bonds is 5. The minimum absolute atomic E-state index is 0.00119. The van der Waals surface area contributed by atoms with Crippen molar-refractivity contribution < 1.29 is 19.2 Å². The van der Waals surface area contributed by atoms with E-state index in [1.807, 2.05) is 54.6 Å². The standard InChI is InChI=1S/C27H29N3O4/c1-19(31)28-13-15-29(16-14-28)24(32)17-27(18-25(33)30(26(27)34)23-11-12-23)22-9-7-21(8-10-22)20-5-3-2-4-6-20/h2-10,23H,11-18H2,1H3. The Kier molecular flexibility index (Phi) is 5.71. The number of carbonyl (C=O) groups excluding carboxylic acids is 4. The SMILES string of the molecule is CC(=O)N1CCN(C(=O)CC2(c3ccc(-c4ccccc4)cc3)CC(=O)N(C3CC3)C2=O)CC1. The number of hydrogen-bond donors (Lipinski definition) is 0. The Hall–Kier alpha value is -3.48. The molecule has 1 atom stereocenters. The normalized spacial score (nSPS) is 22.9. The molecule has 34 heavy (non-hydrogen) atoms. The van der Waals surface area contributed by atoms with Crippen LogP contribution in [-0.4, -0.2) is 70.5 Å². The van der Waals surface area contributed by atoms with Gasteiger partial charge in [-0.25, -0.2) is 0 Å². The Morgan fingerprint density at radius 1 is 0.853 bits per heavy atom. The number of carbonyl (C=O) groups is 4. The first kappa shape index (κ1) is 22.3. The first-order valence-corrected chi connectivity index (χ1v) is 11.9. The van der Waals surface area contributed by atoms with Crippen LogP contribution in [0.4, 0.5) is 0 Å². The van der Waals surface area contributed by atoms with Crippen LogP contribution in [0.3, 0.4) is 0 Å². The van der Waals surface area contributed by atoms with Gasteiger partial charge in [0, 0.05) is 52.0 Å². The maximum absolute atomic E-state index is 13.7. The van der Waals surface area contributed by atoms with Gasteiger partial charge in [-0.05, 0) is 29.5 Å². The van der Waals surface area contributed by atoms with E-state index in [4.69, 9.17) is 0 Å². The van der Waals surface area contributed by atoms with Gasteiger partial charge in [0.15, 0.2) is 0 Å². The van der Waals surface area contributed by atoms with Crippen molar-refractivity contribution in [3.05, 3.63) is 60.2 Å². The van der Waals surface area contributed by atoms with Crippen LogP contribution in [0, 0.1) is 0 Å².